The number of thiophene rings is 1. The van der Waals surface area contributed by atoms with Gasteiger partial charge in [-0.1, -0.05) is 42.3 Å². The summed E-state index contributed by atoms with van der Waals surface area (Å²) >= 11 is 7.96. The lowest BCUT2D eigenvalue weighted by atomic mass is 9.80. The molecule has 3 heteroatoms. The summed E-state index contributed by atoms with van der Waals surface area (Å²) in [4.78, 5) is 1.19. The number of nitrogens with one attached hydrogen (secondary N) is 1. The van der Waals surface area contributed by atoms with Gasteiger partial charge < -0.3 is 5.32 Å². The minimum atomic E-state index is 0.197. The lowest BCUT2D eigenvalue weighted by Crippen LogP contribution is -2.17. The van der Waals surface area contributed by atoms with Crippen molar-refractivity contribution < 1.29 is 0 Å². The molecule has 1 heterocycles. The molecule has 100 valence electrons. The standard InChI is InChI=1S/C16H18ClNS/c1-18-15(16-14(17)9-10-19-16)13-7-5-12(6-8-13)11-3-2-4-11/h5-11,15,18H,2-4H2,1H3. The van der Waals surface area contributed by atoms with Crippen LogP contribution in [0.5, 0.6) is 0 Å². The summed E-state index contributed by atoms with van der Waals surface area (Å²) in [6.07, 6.45) is 4.09. The van der Waals surface area contributed by atoms with Gasteiger partial charge >= 0.3 is 0 Å². The van der Waals surface area contributed by atoms with Gasteiger partial charge in [0, 0.05) is 4.88 Å². The molecule has 1 fully saturated rings. The van der Waals surface area contributed by atoms with Crippen LogP contribution in [0, 0.1) is 0 Å². The highest BCUT2D eigenvalue weighted by Gasteiger charge is 2.20. The van der Waals surface area contributed by atoms with E-state index in [1.54, 1.807) is 11.3 Å². The van der Waals surface area contributed by atoms with E-state index in [9.17, 15) is 0 Å². The molecule has 1 atom stereocenters. The third kappa shape index (κ3) is 2.58. The third-order valence-electron chi connectivity index (χ3n) is 4.04. The SMILES string of the molecule is CNC(c1ccc(C2CCC2)cc1)c1sccc1Cl. The van der Waals surface area contributed by atoms with Crippen LogP contribution in [-0.4, -0.2) is 7.05 Å². The molecule has 0 amide bonds. The molecule has 1 aromatic carbocycles. The van der Waals surface area contributed by atoms with Crippen LogP contribution in [0.25, 0.3) is 0 Å². The van der Waals surface area contributed by atoms with Gasteiger partial charge in [0.1, 0.15) is 0 Å². The maximum atomic E-state index is 6.25. The molecular weight excluding hydrogens is 274 g/mol. The number of hydrogen-bond acceptors (Lipinski definition) is 2. The summed E-state index contributed by atoms with van der Waals surface area (Å²) < 4.78 is 0. The molecule has 1 saturated carbocycles. The monoisotopic (exact) mass is 291 g/mol. The van der Waals surface area contributed by atoms with E-state index in [4.69, 9.17) is 11.6 Å². The van der Waals surface area contributed by atoms with Crippen LogP contribution in [0.1, 0.15) is 47.2 Å². The van der Waals surface area contributed by atoms with Crippen molar-refractivity contribution in [1.82, 2.24) is 5.32 Å². The minimum Gasteiger partial charge on any atom is -0.309 e. The van der Waals surface area contributed by atoms with Crippen LogP contribution in [0.4, 0.5) is 0 Å². The maximum absolute atomic E-state index is 6.25. The Morgan fingerprint density at radius 3 is 2.42 bits per heavy atom. The molecule has 0 radical (unpaired) electrons. The predicted octanol–water partition coefficient (Wildman–Crippen LogP) is 4.98. The van der Waals surface area contributed by atoms with E-state index < -0.39 is 0 Å². The fourth-order valence-electron chi connectivity index (χ4n) is 2.66. The zero-order valence-electron chi connectivity index (χ0n) is 11.0. The highest BCUT2D eigenvalue weighted by atomic mass is 35.5. The smallest absolute Gasteiger partial charge is 0.0683 e. The second kappa shape index (κ2) is 5.66. The van der Waals surface area contributed by atoms with Gasteiger partial charge in [-0.25, -0.2) is 0 Å². The van der Waals surface area contributed by atoms with Crippen molar-refractivity contribution in [2.45, 2.75) is 31.2 Å². The van der Waals surface area contributed by atoms with Gasteiger partial charge in [0.15, 0.2) is 0 Å². The first-order chi connectivity index (χ1) is 9.29. The molecule has 0 saturated heterocycles. The van der Waals surface area contributed by atoms with E-state index in [0.29, 0.717) is 0 Å². The summed E-state index contributed by atoms with van der Waals surface area (Å²) in [5.41, 5.74) is 2.78. The zero-order chi connectivity index (χ0) is 13.2. The first kappa shape index (κ1) is 13.2. The third-order valence-corrected chi connectivity index (χ3v) is 5.47. The van der Waals surface area contributed by atoms with Crippen LogP contribution in [0.2, 0.25) is 5.02 Å². The lowest BCUT2D eigenvalue weighted by molar-refractivity contribution is 0.419. The number of rotatable bonds is 4. The normalized spacial score (nSPS) is 17.2. The van der Waals surface area contributed by atoms with Gasteiger partial charge in [-0.3, -0.25) is 0 Å². The predicted molar refractivity (Wildman–Crippen MR) is 83.3 cm³/mol. The molecule has 0 bridgehead atoms. The highest BCUT2D eigenvalue weighted by molar-refractivity contribution is 7.10. The summed E-state index contributed by atoms with van der Waals surface area (Å²) in [6, 6.07) is 11.2. The van der Waals surface area contributed by atoms with Crippen molar-refractivity contribution in [2.24, 2.45) is 0 Å². The van der Waals surface area contributed by atoms with Crippen LogP contribution in [0.15, 0.2) is 35.7 Å². The quantitative estimate of drug-likeness (QED) is 0.838. The zero-order valence-corrected chi connectivity index (χ0v) is 12.6. The van der Waals surface area contributed by atoms with E-state index in [1.165, 1.54) is 35.3 Å². The second-order valence-electron chi connectivity index (χ2n) is 5.15. The van der Waals surface area contributed by atoms with Gasteiger partial charge in [-0.15, -0.1) is 11.3 Å². The van der Waals surface area contributed by atoms with Crippen LogP contribution in [-0.2, 0) is 0 Å². The van der Waals surface area contributed by atoms with Crippen molar-refractivity contribution in [3.63, 3.8) is 0 Å². The molecule has 0 spiro atoms. The molecule has 19 heavy (non-hydrogen) atoms. The highest BCUT2D eigenvalue weighted by Crippen LogP contribution is 2.37. The van der Waals surface area contributed by atoms with Gasteiger partial charge in [0.05, 0.1) is 11.1 Å². The van der Waals surface area contributed by atoms with Gasteiger partial charge in [-0.2, -0.15) is 0 Å². The Morgan fingerprint density at radius 1 is 1.21 bits per heavy atom. The molecule has 0 aliphatic heterocycles. The Labute approximate surface area is 123 Å². The average molecular weight is 292 g/mol. The van der Waals surface area contributed by atoms with E-state index in [2.05, 4.69) is 29.6 Å². The molecule has 1 aliphatic rings. The molecule has 3 rings (SSSR count). The molecule has 2 aromatic rings. The van der Waals surface area contributed by atoms with E-state index in [0.717, 1.165) is 10.9 Å². The number of benzene rings is 1. The fraction of sp³-hybridized carbons (Fsp3) is 0.375. The molecule has 1 N–H and O–H groups in total. The van der Waals surface area contributed by atoms with Crippen LogP contribution < -0.4 is 5.32 Å². The average Bonchev–Trinajstić information content (AvgIpc) is 2.77. The Bertz CT molecular complexity index is 542. The summed E-state index contributed by atoms with van der Waals surface area (Å²) in [5.74, 6) is 0.799. The molecule has 1 nitrogen and oxygen atoms in total. The Kier molecular flexibility index (Phi) is 3.92. The van der Waals surface area contributed by atoms with Crippen LogP contribution >= 0.6 is 22.9 Å². The molecule has 1 unspecified atom stereocenters. The minimum absolute atomic E-state index is 0.197. The fourth-order valence-corrected chi connectivity index (χ4v) is 3.96. The molecule has 1 aromatic heterocycles. The van der Waals surface area contributed by atoms with Crippen molar-refractivity contribution in [2.75, 3.05) is 7.05 Å². The molecular formula is C16H18ClNS. The maximum Gasteiger partial charge on any atom is 0.0683 e. The van der Waals surface area contributed by atoms with Crippen molar-refractivity contribution >= 4 is 22.9 Å². The van der Waals surface area contributed by atoms with E-state index >= 15 is 0 Å². The van der Waals surface area contributed by atoms with Crippen LogP contribution in [0.3, 0.4) is 0 Å². The van der Waals surface area contributed by atoms with Gasteiger partial charge in [0.25, 0.3) is 0 Å². The largest absolute Gasteiger partial charge is 0.309 e. The number of halogens is 1. The molecule has 1 aliphatic carbocycles. The van der Waals surface area contributed by atoms with Crippen molar-refractivity contribution in [3.8, 4) is 0 Å². The topological polar surface area (TPSA) is 12.0 Å². The first-order valence-electron chi connectivity index (χ1n) is 6.79. The van der Waals surface area contributed by atoms with E-state index in [-0.39, 0.29) is 6.04 Å². The first-order valence-corrected chi connectivity index (χ1v) is 8.05. The Morgan fingerprint density at radius 2 is 1.95 bits per heavy atom. The Hall–Kier alpha value is -0.830. The summed E-state index contributed by atoms with van der Waals surface area (Å²) in [5, 5.41) is 6.26. The van der Waals surface area contributed by atoms with Crippen molar-refractivity contribution in [3.05, 3.63) is 56.7 Å². The summed E-state index contributed by atoms with van der Waals surface area (Å²) in [7, 11) is 1.99. The summed E-state index contributed by atoms with van der Waals surface area (Å²) in [6.45, 7) is 0. The van der Waals surface area contributed by atoms with E-state index in [1.807, 2.05) is 18.5 Å². The number of hydrogen-bond donors (Lipinski definition) is 1. The lowest BCUT2D eigenvalue weighted by Gasteiger charge is -2.26. The van der Waals surface area contributed by atoms with Gasteiger partial charge in [0.2, 0.25) is 0 Å². The van der Waals surface area contributed by atoms with Crippen molar-refractivity contribution in [1.29, 1.82) is 0 Å². The van der Waals surface area contributed by atoms with Gasteiger partial charge in [-0.05, 0) is 48.4 Å². The Balaban J connectivity index is 1.85. The second-order valence-corrected chi connectivity index (χ2v) is 6.50.